The standard InChI is InChI=1S/C8H8N2O2S.C8H9NO4S/c1-6-4-8(13(10,11)12)3-2-7(6)5-9;1-5-4-6(14(9,12)13)2-3-7(5)8(10)11/h2-4H,1H3,(H2,10,11,12);2-4H,1H3,(H,10,11)(H2,9,12,13). The van der Waals surface area contributed by atoms with E-state index in [1.807, 2.05) is 6.07 Å². The van der Waals surface area contributed by atoms with Crippen LogP contribution in [-0.4, -0.2) is 27.9 Å². The SMILES string of the molecule is Cc1cc(S(N)(=O)=O)ccc1C#N.Cc1cc(S(N)(=O)=O)ccc1C(=O)O. The molecule has 2 rings (SSSR count). The molecule has 2 aromatic carbocycles. The summed E-state index contributed by atoms with van der Waals surface area (Å²) in [5.41, 5.74) is 1.49. The van der Waals surface area contributed by atoms with Crippen molar-refractivity contribution in [1.82, 2.24) is 0 Å². The number of carboxylic acid groups (broad SMARTS) is 1. The summed E-state index contributed by atoms with van der Waals surface area (Å²) in [6.45, 7) is 3.17. The average Bonchev–Trinajstić information content (AvgIpc) is 2.53. The highest BCUT2D eigenvalue weighted by atomic mass is 32.2. The fourth-order valence-corrected chi connectivity index (χ4v) is 3.19. The van der Waals surface area contributed by atoms with Crippen molar-refractivity contribution in [2.45, 2.75) is 23.6 Å². The molecule has 0 aromatic heterocycles. The zero-order valence-corrected chi connectivity index (χ0v) is 16.0. The van der Waals surface area contributed by atoms with E-state index < -0.39 is 26.0 Å². The second-order valence-corrected chi connectivity index (χ2v) is 8.58. The minimum atomic E-state index is -3.76. The van der Waals surface area contributed by atoms with Gasteiger partial charge in [0.15, 0.2) is 0 Å². The van der Waals surface area contributed by atoms with Crippen LogP contribution in [0.15, 0.2) is 46.2 Å². The number of hydrogen-bond donors (Lipinski definition) is 3. The Morgan fingerprint density at radius 2 is 1.37 bits per heavy atom. The molecule has 5 N–H and O–H groups in total. The van der Waals surface area contributed by atoms with Gasteiger partial charge in [-0.15, -0.1) is 0 Å². The van der Waals surface area contributed by atoms with Gasteiger partial charge >= 0.3 is 5.97 Å². The fourth-order valence-electron chi connectivity index (χ4n) is 1.99. The largest absolute Gasteiger partial charge is 0.478 e. The second-order valence-electron chi connectivity index (χ2n) is 5.46. The maximum absolute atomic E-state index is 10.9. The molecule has 0 spiro atoms. The van der Waals surface area contributed by atoms with Crippen LogP contribution >= 0.6 is 0 Å². The molecule has 0 atom stereocenters. The number of nitrogens with two attached hydrogens (primary N) is 2. The van der Waals surface area contributed by atoms with Crippen molar-refractivity contribution in [3.8, 4) is 6.07 Å². The van der Waals surface area contributed by atoms with Crippen molar-refractivity contribution >= 4 is 26.0 Å². The van der Waals surface area contributed by atoms with Crippen molar-refractivity contribution in [2.24, 2.45) is 10.3 Å². The third-order valence-electron chi connectivity index (χ3n) is 3.40. The van der Waals surface area contributed by atoms with E-state index in [9.17, 15) is 21.6 Å². The van der Waals surface area contributed by atoms with E-state index in [1.165, 1.54) is 43.3 Å². The van der Waals surface area contributed by atoms with Crippen LogP contribution in [0.5, 0.6) is 0 Å². The molecule has 0 radical (unpaired) electrons. The maximum Gasteiger partial charge on any atom is 0.335 e. The van der Waals surface area contributed by atoms with Crippen molar-refractivity contribution in [3.63, 3.8) is 0 Å². The summed E-state index contributed by atoms with van der Waals surface area (Å²) >= 11 is 0. The Labute approximate surface area is 157 Å². The molecule has 0 heterocycles. The molecular formula is C16H17N3O6S2. The Morgan fingerprint density at radius 1 is 0.926 bits per heavy atom. The normalized spacial score (nSPS) is 11.1. The quantitative estimate of drug-likeness (QED) is 0.669. The lowest BCUT2D eigenvalue weighted by molar-refractivity contribution is 0.0696. The zero-order chi connectivity index (χ0) is 21.0. The number of hydrogen-bond acceptors (Lipinski definition) is 6. The number of nitriles is 1. The molecule has 2 aromatic rings. The van der Waals surface area contributed by atoms with Gasteiger partial charge in [0.05, 0.1) is 27.0 Å². The molecule has 0 unspecified atom stereocenters. The van der Waals surface area contributed by atoms with Gasteiger partial charge in [0, 0.05) is 0 Å². The van der Waals surface area contributed by atoms with Crippen LogP contribution in [0.3, 0.4) is 0 Å². The maximum atomic E-state index is 10.9. The molecule has 0 bridgehead atoms. The van der Waals surface area contributed by atoms with Crippen LogP contribution in [0.4, 0.5) is 0 Å². The Kier molecular flexibility index (Phi) is 6.82. The van der Waals surface area contributed by atoms with Crippen molar-refractivity contribution in [2.75, 3.05) is 0 Å². The number of primary sulfonamides is 2. The Bertz CT molecular complexity index is 1130. The topological polar surface area (TPSA) is 181 Å². The minimum absolute atomic E-state index is 0.0315. The first-order valence-corrected chi connectivity index (χ1v) is 10.3. The average molecular weight is 411 g/mol. The predicted molar refractivity (Wildman–Crippen MR) is 96.8 cm³/mol. The number of aryl methyl sites for hydroxylation is 2. The Morgan fingerprint density at radius 3 is 1.70 bits per heavy atom. The Hall–Kier alpha value is -2.78. The van der Waals surface area contributed by atoms with Gasteiger partial charge in [0.1, 0.15) is 0 Å². The number of sulfonamides is 2. The van der Waals surface area contributed by atoms with E-state index >= 15 is 0 Å². The zero-order valence-electron chi connectivity index (χ0n) is 14.4. The van der Waals surface area contributed by atoms with Gasteiger partial charge in [-0.25, -0.2) is 31.9 Å². The minimum Gasteiger partial charge on any atom is -0.478 e. The molecule has 0 aliphatic heterocycles. The van der Waals surface area contributed by atoms with E-state index in [4.69, 9.17) is 20.6 Å². The highest BCUT2D eigenvalue weighted by Gasteiger charge is 2.12. The lowest BCUT2D eigenvalue weighted by atomic mass is 10.1. The fraction of sp³-hybridized carbons (Fsp3) is 0.125. The van der Waals surface area contributed by atoms with Crippen LogP contribution in [0.2, 0.25) is 0 Å². The van der Waals surface area contributed by atoms with E-state index in [-0.39, 0.29) is 15.4 Å². The van der Waals surface area contributed by atoms with Crippen LogP contribution in [0.25, 0.3) is 0 Å². The van der Waals surface area contributed by atoms with Crippen LogP contribution in [-0.2, 0) is 20.0 Å². The third kappa shape index (κ3) is 6.15. The first kappa shape index (κ1) is 22.3. The molecule has 0 fully saturated rings. The summed E-state index contributed by atoms with van der Waals surface area (Å²) in [6.07, 6.45) is 0. The monoisotopic (exact) mass is 411 g/mol. The van der Waals surface area contributed by atoms with Crippen LogP contribution in [0.1, 0.15) is 27.0 Å². The molecule has 9 nitrogen and oxygen atoms in total. The molecule has 27 heavy (non-hydrogen) atoms. The number of nitrogens with zero attached hydrogens (tertiary/aromatic N) is 1. The summed E-state index contributed by atoms with van der Waals surface area (Å²) < 4.78 is 43.6. The van der Waals surface area contributed by atoms with Crippen LogP contribution in [0, 0.1) is 25.2 Å². The molecule has 0 saturated heterocycles. The lowest BCUT2D eigenvalue weighted by Crippen LogP contribution is -2.13. The number of carboxylic acids is 1. The highest BCUT2D eigenvalue weighted by molar-refractivity contribution is 7.89. The van der Waals surface area contributed by atoms with Crippen LogP contribution < -0.4 is 10.3 Å². The molecule has 0 aliphatic rings. The first-order chi connectivity index (χ1) is 12.3. The van der Waals surface area contributed by atoms with Gasteiger partial charge < -0.3 is 5.11 Å². The highest BCUT2D eigenvalue weighted by Crippen LogP contribution is 2.14. The van der Waals surface area contributed by atoms with E-state index in [1.54, 1.807) is 6.92 Å². The number of rotatable bonds is 3. The van der Waals surface area contributed by atoms with Crippen molar-refractivity contribution < 1.29 is 26.7 Å². The molecular weight excluding hydrogens is 394 g/mol. The van der Waals surface area contributed by atoms with Crippen molar-refractivity contribution in [3.05, 3.63) is 58.7 Å². The van der Waals surface area contributed by atoms with Gasteiger partial charge in [-0.05, 0) is 61.4 Å². The van der Waals surface area contributed by atoms with E-state index in [0.29, 0.717) is 16.7 Å². The lowest BCUT2D eigenvalue weighted by Gasteiger charge is -2.02. The molecule has 0 amide bonds. The number of benzene rings is 2. The van der Waals surface area contributed by atoms with Gasteiger partial charge in [0.25, 0.3) is 0 Å². The second kappa shape index (κ2) is 8.28. The number of carbonyl (C=O) groups is 1. The van der Waals surface area contributed by atoms with Crippen molar-refractivity contribution in [1.29, 1.82) is 5.26 Å². The predicted octanol–water partition coefficient (Wildman–Crippen LogP) is 0.855. The smallest absolute Gasteiger partial charge is 0.335 e. The van der Waals surface area contributed by atoms with Gasteiger partial charge in [-0.2, -0.15) is 5.26 Å². The van der Waals surface area contributed by atoms with Gasteiger partial charge in [0.2, 0.25) is 20.0 Å². The molecule has 144 valence electrons. The number of aromatic carboxylic acids is 1. The van der Waals surface area contributed by atoms with E-state index in [2.05, 4.69) is 0 Å². The first-order valence-electron chi connectivity index (χ1n) is 7.17. The van der Waals surface area contributed by atoms with E-state index in [0.717, 1.165) is 0 Å². The van der Waals surface area contributed by atoms with Gasteiger partial charge in [-0.3, -0.25) is 0 Å². The molecule has 0 aliphatic carbocycles. The summed E-state index contributed by atoms with van der Waals surface area (Å²) in [6, 6.07) is 9.71. The Balaban J connectivity index is 0.000000271. The summed E-state index contributed by atoms with van der Waals surface area (Å²) in [5, 5.41) is 27.0. The van der Waals surface area contributed by atoms with Gasteiger partial charge in [-0.1, -0.05) is 0 Å². The summed E-state index contributed by atoms with van der Waals surface area (Å²) in [4.78, 5) is 10.6. The summed E-state index contributed by atoms with van der Waals surface area (Å²) in [7, 11) is -7.42. The third-order valence-corrected chi connectivity index (χ3v) is 5.23. The molecule has 0 saturated carbocycles. The summed E-state index contributed by atoms with van der Waals surface area (Å²) in [5.74, 6) is -1.09. The molecule has 11 heteroatoms.